The van der Waals surface area contributed by atoms with Crippen molar-refractivity contribution in [1.29, 1.82) is 0 Å². The van der Waals surface area contributed by atoms with Crippen molar-refractivity contribution in [3.05, 3.63) is 28.2 Å². The summed E-state index contributed by atoms with van der Waals surface area (Å²) in [5.41, 5.74) is 0.299. The molecule has 0 saturated carbocycles. The highest BCUT2D eigenvalue weighted by molar-refractivity contribution is 9.10. The molecule has 0 saturated heterocycles. The number of carbonyl (C=O) groups is 1. The van der Waals surface area contributed by atoms with Crippen LogP contribution in [0, 0.1) is 0 Å². The van der Waals surface area contributed by atoms with E-state index in [-0.39, 0.29) is 0 Å². The number of hydrogen-bond acceptors (Lipinski definition) is 2. The summed E-state index contributed by atoms with van der Waals surface area (Å²) < 4.78 is 0.627. The molecule has 0 bridgehead atoms. The summed E-state index contributed by atoms with van der Waals surface area (Å²) >= 11 is 4.77. The summed E-state index contributed by atoms with van der Waals surface area (Å²) in [6, 6.07) is 5.19. The van der Waals surface area contributed by atoms with Crippen molar-refractivity contribution >= 4 is 33.7 Å². The Labute approximate surface area is 83.1 Å². The zero-order chi connectivity index (χ0) is 9.14. The standard InChI is InChI=1S/C8H7BrO2S/c1-12-5-2-3-6(8(10)11)7(9)4-5/h2-4H,1H3,(H,10,11). The van der Waals surface area contributed by atoms with Crippen molar-refractivity contribution in [2.24, 2.45) is 0 Å². The van der Waals surface area contributed by atoms with Crippen LogP contribution in [0.25, 0.3) is 0 Å². The van der Waals surface area contributed by atoms with E-state index in [1.807, 2.05) is 6.26 Å². The Bertz CT molecular complexity index is 312. The number of rotatable bonds is 2. The second-order valence-corrected chi connectivity index (χ2v) is 3.88. The first kappa shape index (κ1) is 9.61. The lowest BCUT2D eigenvalue weighted by atomic mass is 10.2. The molecule has 12 heavy (non-hydrogen) atoms. The van der Waals surface area contributed by atoms with Crippen LogP contribution in [0.2, 0.25) is 0 Å². The fourth-order valence-corrected chi connectivity index (χ4v) is 1.94. The van der Waals surface area contributed by atoms with Crippen LogP contribution in [0.3, 0.4) is 0 Å². The second kappa shape index (κ2) is 3.96. The van der Waals surface area contributed by atoms with Crippen molar-refractivity contribution in [2.75, 3.05) is 6.26 Å². The van der Waals surface area contributed by atoms with Gasteiger partial charge in [0.1, 0.15) is 0 Å². The molecule has 0 atom stereocenters. The number of halogens is 1. The van der Waals surface area contributed by atoms with Gasteiger partial charge in [-0.3, -0.25) is 0 Å². The molecule has 1 aromatic carbocycles. The molecule has 1 N–H and O–H groups in total. The van der Waals surface area contributed by atoms with Crippen LogP contribution in [0.1, 0.15) is 10.4 Å². The summed E-state index contributed by atoms with van der Waals surface area (Å²) in [6.07, 6.45) is 1.95. The highest BCUT2D eigenvalue weighted by Gasteiger charge is 2.07. The number of hydrogen-bond donors (Lipinski definition) is 1. The van der Waals surface area contributed by atoms with E-state index >= 15 is 0 Å². The molecule has 0 aliphatic rings. The first-order valence-corrected chi connectivity index (χ1v) is 5.23. The quantitative estimate of drug-likeness (QED) is 0.816. The number of carboxylic acids is 1. The second-order valence-electron chi connectivity index (χ2n) is 2.15. The molecule has 64 valence electrons. The van der Waals surface area contributed by atoms with Gasteiger partial charge in [-0.2, -0.15) is 0 Å². The maximum atomic E-state index is 10.6. The monoisotopic (exact) mass is 246 g/mol. The molecule has 0 spiro atoms. The molecule has 0 amide bonds. The van der Waals surface area contributed by atoms with Crippen LogP contribution in [-0.4, -0.2) is 17.3 Å². The zero-order valence-electron chi connectivity index (χ0n) is 6.37. The van der Waals surface area contributed by atoms with Gasteiger partial charge in [-0.15, -0.1) is 11.8 Å². The minimum absolute atomic E-state index is 0.299. The molecule has 0 heterocycles. The molecule has 2 nitrogen and oxygen atoms in total. The van der Waals surface area contributed by atoms with E-state index in [1.54, 1.807) is 30.0 Å². The lowest BCUT2D eigenvalue weighted by molar-refractivity contribution is 0.0696. The predicted octanol–water partition coefficient (Wildman–Crippen LogP) is 2.87. The average molecular weight is 247 g/mol. The predicted molar refractivity (Wildman–Crippen MR) is 52.9 cm³/mol. The van der Waals surface area contributed by atoms with Crippen LogP contribution < -0.4 is 0 Å². The maximum absolute atomic E-state index is 10.6. The Morgan fingerprint density at radius 3 is 2.67 bits per heavy atom. The van der Waals surface area contributed by atoms with E-state index in [1.165, 1.54) is 0 Å². The van der Waals surface area contributed by atoms with E-state index in [4.69, 9.17) is 5.11 Å². The molecule has 0 aliphatic carbocycles. The first-order chi connectivity index (χ1) is 5.65. The van der Waals surface area contributed by atoms with Gasteiger partial charge in [0.2, 0.25) is 0 Å². The van der Waals surface area contributed by atoms with E-state index in [9.17, 15) is 4.79 Å². The Morgan fingerprint density at radius 2 is 2.25 bits per heavy atom. The van der Waals surface area contributed by atoms with E-state index in [0.717, 1.165) is 4.90 Å². The third-order valence-corrected chi connectivity index (χ3v) is 2.79. The molecule has 0 aliphatic heterocycles. The molecule has 0 radical (unpaired) electrons. The van der Waals surface area contributed by atoms with Gasteiger partial charge >= 0.3 is 5.97 Å². The summed E-state index contributed by atoms with van der Waals surface area (Å²) in [5, 5.41) is 8.69. The first-order valence-electron chi connectivity index (χ1n) is 3.22. The summed E-state index contributed by atoms with van der Waals surface area (Å²) in [6.45, 7) is 0. The molecule has 1 rings (SSSR count). The number of thioether (sulfide) groups is 1. The number of aromatic carboxylic acids is 1. The fraction of sp³-hybridized carbons (Fsp3) is 0.125. The summed E-state index contributed by atoms with van der Waals surface area (Å²) in [4.78, 5) is 11.6. The van der Waals surface area contributed by atoms with Crippen LogP contribution in [0.15, 0.2) is 27.6 Å². The van der Waals surface area contributed by atoms with Crippen LogP contribution >= 0.6 is 27.7 Å². The zero-order valence-corrected chi connectivity index (χ0v) is 8.78. The average Bonchev–Trinajstić information content (AvgIpc) is 2.03. The summed E-state index contributed by atoms with van der Waals surface area (Å²) in [5.74, 6) is -0.908. The molecule has 0 aromatic heterocycles. The van der Waals surface area contributed by atoms with Crippen molar-refractivity contribution in [2.45, 2.75) is 4.90 Å². The molecule has 0 fully saturated rings. The topological polar surface area (TPSA) is 37.3 Å². The van der Waals surface area contributed by atoms with Gasteiger partial charge in [-0.1, -0.05) is 0 Å². The van der Waals surface area contributed by atoms with Gasteiger partial charge < -0.3 is 5.11 Å². The van der Waals surface area contributed by atoms with E-state index in [2.05, 4.69) is 15.9 Å². The van der Waals surface area contributed by atoms with Crippen molar-refractivity contribution < 1.29 is 9.90 Å². The number of benzene rings is 1. The fourth-order valence-electron chi connectivity index (χ4n) is 0.796. The maximum Gasteiger partial charge on any atom is 0.336 e. The van der Waals surface area contributed by atoms with Crippen LogP contribution in [-0.2, 0) is 0 Å². The minimum atomic E-state index is -0.908. The van der Waals surface area contributed by atoms with Gasteiger partial charge in [0.15, 0.2) is 0 Å². The molecule has 1 aromatic rings. The Morgan fingerprint density at radius 1 is 1.58 bits per heavy atom. The third kappa shape index (κ3) is 2.01. The number of carboxylic acid groups (broad SMARTS) is 1. The highest BCUT2D eigenvalue weighted by Crippen LogP contribution is 2.23. The van der Waals surface area contributed by atoms with Gasteiger partial charge in [-0.25, -0.2) is 4.79 Å². The lowest BCUT2D eigenvalue weighted by Crippen LogP contribution is -1.96. The van der Waals surface area contributed by atoms with Crippen molar-refractivity contribution in [3.8, 4) is 0 Å². The van der Waals surface area contributed by atoms with Gasteiger partial charge in [-0.05, 0) is 40.4 Å². The normalized spacial score (nSPS) is 9.83. The van der Waals surface area contributed by atoms with Gasteiger partial charge in [0.25, 0.3) is 0 Å². The van der Waals surface area contributed by atoms with Gasteiger partial charge in [0.05, 0.1) is 5.56 Å². The van der Waals surface area contributed by atoms with Crippen LogP contribution in [0.4, 0.5) is 0 Å². The highest BCUT2D eigenvalue weighted by atomic mass is 79.9. The largest absolute Gasteiger partial charge is 0.478 e. The third-order valence-electron chi connectivity index (χ3n) is 1.41. The summed E-state index contributed by atoms with van der Waals surface area (Å²) in [7, 11) is 0. The van der Waals surface area contributed by atoms with Crippen molar-refractivity contribution in [1.82, 2.24) is 0 Å². The molecule has 0 unspecified atom stereocenters. The molecular formula is C8H7BrO2S. The van der Waals surface area contributed by atoms with Gasteiger partial charge in [0, 0.05) is 9.37 Å². The SMILES string of the molecule is CSc1ccc(C(=O)O)c(Br)c1. The Kier molecular flexibility index (Phi) is 3.17. The Hall–Kier alpha value is -0.480. The van der Waals surface area contributed by atoms with Crippen molar-refractivity contribution in [3.63, 3.8) is 0 Å². The van der Waals surface area contributed by atoms with E-state index < -0.39 is 5.97 Å². The smallest absolute Gasteiger partial charge is 0.336 e. The van der Waals surface area contributed by atoms with E-state index in [0.29, 0.717) is 10.0 Å². The molecular weight excluding hydrogens is 240 g/mol. The lowest BCUT2D eigenvalue weighted by Gasteiger charge is -2.00. The molecule has 4 heteroatoms. The minimum Gasteiger partial charge on any atom is -0.478 e. The van der Waals surface area contributed by atoms with Crippen LogP contribution in [0.5, 0.6) is 0 Å². The Balaban J connectivity index is 3.12.